The van der Waals surface area contributed by atoms with E-state index in [2.05, 4.69) is 4.52 Å². The summed E-state index contributed by atoms with van der Waals surface area (Å²) in [6.45, 7) is 3.75. The Labute approximate surface area is 66.8 Å². The highest BCUT2D eigenvalue weighted by Gasteiger charge is 2.23. The lowest BCUT2D eigenvalue weighted by atomic mass is 10.8. The van der Waals surface area contributed by atoms with Gasteiger partial charge in [0.1, 0.15) is 0 Å². The summed E-state index contributed by atoms with van der Waals surface area (Å²) in [5, 5.41) is 0. The van der Waals surface area contributed by atoms with Gasteiger partial charge in [-0.05, 0) is 13.8 Å². The molecule has 0 N–H and O–H groups in total. The fourth-order valence-corrected chi connectivity index (χ4v) is 1.26. The predicted octanol–water partition coefficient (Wildman–Crippen LogP) is 2.33. The van der Waals surface area contributed by atoms with Gasteiger partial charge in [0.05, 0.1) is 12.9 Å². The fraction of sp³-hybridized carbons (Fsp3) is 0.667. The van der Waals surface area contributed by atoms with E-state index in [9.17, 15) is 4.57 Å². The molecule has 0 amide bonds. The molecule has 4 nitrogen and oxygen atoms in total. The van der Waals surface area contributed by atoms with Gasteiger partial charge in [0.15, 0.2) is 0 Å². The number of hydrogen-bond acceptors (Lipinski definition) is 4. The summed E-state index contributed by atoms with van der Waals surface area (Å²) < 4.78 is 25.2. The normalized spacial score (nSPS) is 16.6. The number of phosphoric acid groups is 1. The first-order valence-electron chi connectivity index (χ1n) is 3.28. The maximum absolute atomic E-state index is 11.2. The molecule has 1 unspecified atom stereocenters. The van der Waals surface area contributed by atoms with E-state index in [0.717, 1.165) is 0 Å². The van der Waals surface area contributed by atoms with Gasteiger partial charge in [-0.3, -0.25) is 9.05 Å². The molecule has 0 saturated heterocycles. The van der Waals surface area contributed by atoms with Crippen LogP contribution in [0, 0.1) is 0 Å². The number of allylic oxidation sites excluding steroid dienone is 1. The summed E-state index contributed by atoms with van der Waals surface area (Å²) in [6, 6.07) is 0. The van der Waals surface area contributed by atoms with Gasteiger partial charge < -0.3 is 4.52 Å². The third kappa shape index (κ3) is 4.19. The van der Waals surface area contributed by atoms with Crippen LogP contribution in [0.25, 0.3) is 0 Å². The lowest BCUT2D eigenvalue weighted by Gasteiger charge is -2.11. The van der Waals surface area contributed by atoms with Crippen molar-refractivity contribution in [3.8, 4) is 0 Å². The highest BCUT2D eigenvalue weighted by Crippen LogP contribution is 2.48. The minimum atomic E-state index is -3.30. The van der Waals surface area contributed by atoms with E-state index >= 15 is 0 Å². The summed E-state index contributed by atoms with van der Waals surface area (Å²) in [7, 11) is -2.03. The average Bonchev–Trinajstić information content (AvgIpc) is 2.02. The fourth-order valence-electron chi connectivity index (χ4n) is 0.420. The molecule has 11 heavy (non-hydrogen) atoms. The van der Waals surface area contributed by atoms with Crippen molar-refractivity contribution in [2.75, 3.05) is 13.7 Å². The van der Waals surface area contributed by atoms with Crippen molar-refractivity contribution < 1.29 is 18.1 Å². The molecule has 0 fully saturated rings. The van der Waals surface area contributed by atoms with Gasteiger partial charge in [0.25, 0.3) is 0 Å². The Morgan fingerprint density at radius 1 is 1.55 bits per heavy atom. The Morgan fingerprint density at radius 2 is 2.18 bits per heavy atom. The molecule has 0 aromatic heterocycles. The zero-order chi connectivity index (χ0) is 8.74. The Morgan fingerprint density at radius 3 is 2.55 bits per heavy atom. The molecule has 1 atom stereocenters. The second-order valence-electron chi connectivity index (χ2n) is 1.62. The van der Waals surface area contributed by atoms with Crippen LogP contribution in [-0.4, -0.2) is 13.7 Å². The standard InChI is InChI=1S/C6H13O4P/c1-4-6-10-11(7,8-3)9-5-2/h4,6H,5H2,1-3H3. The molecule has 0 aliphatic rings. The number of phosphoric ester groups is 1. The highest BCUT2D eigenvalue weighted by atomic mass is 31.2. The molecule has 0 saturated carbocycles. The van der Waals surface area contributed by atoms with E-state index in [1.54, 1.807) is 19.9 Å². The van der Waals surface area contributed by atoms with Crippen molar-refractivity contribution >= 4 is 7.82 Å². The van der Waals surface area contributed by atoms with Crippen LogP contribution >= 0.6 is 7.82 Å². The van der Waals surface area contributed by atoms with Crippen LogP contribution in [-0.2, 0) is 18.1 Å². The quantitative estimate of drug-likeness (QED) is 0.481. The van der Waals surface area contributed by atoms with Crippen LogP contribution in [0.15, 0.2) is 12.3 Å². The first kappa shape index (κ1) is 10.7. The minimum absolute atomic E-state index is 0.294. The van der Waals surface area contributed by atoms with E-state index in [-0.39, 0.29) is 0 Å². The molecule has 66 valence electrons. The van der Waals surface area contributed by atoms with Gasteiger partial charge in [-0.15, -0.1) is 0 Å². The van der Waals surface area contributed by atoms with E-state index in [1.807, 2.05) is 0 Å². The lowest BCUT2D eigenvalue weighted by molar-refractivity contribution is 0.172. The molecule has 5 heteroatoms. The van der Waals surface area contributed by atoms with Crippen molar-refractivity contribution in [2.24, 2.45) is 0 Å². The first-order chi connectivity index (χ1) is 5.18. The van der Waals surface area contributed by atoms with Crippen LogP contribution < -0.4 is 0 Å². The largest absolute Gasteiger partial charge is 0.529 e. The lowest BCUT2D eigenvalue weighted by Crippen LogP contribution is -1.92. The van der Waals surface area contributed by atoms with Gasteiger partial charge in [-0.25, -0.2) is 4.57 Å². The van der Waals surface area contributed by atoms with Gasteiger partial charge in [0, 0.05) is 7.11 Å². The molecule has 0 aliphatic carbocycles. The summed E-state index contributed by atoms with van der Waals surface area (Å²) in [5.41, 5.74) is 0. The zero-order valence-corrected chi connectivity index (χ0v) is 7.84. The van der Waals surface area contributed by atoms with E-state index in [1.165, 1.54) is 13.4 Å². The second-order valence-corrected chi connectivity index (χ2v) is 3.35. The topological polar surface area (TPSA) is 44.8 Å². The minimum Gasteiger partial charge on any atom is -0.412 e. The summed E-state index contributed by atoms with van der Waals surface area (Å²) >= 11 is 0. The van der Waals surface area contributed by atoms with Gasteiger partial charge in [-0.2, -0.15) is 0 Å². The summed E-state index contributed by atoms with van der Waals surface area (Å²) in [4.78, 5) is 0. The SMILES string of the molecule is CC=COP(=O)(OC)OCC. The van der Waals surface area contributed by atoms with Crippen LogP contribution in [0.3, 0.4) is 0 Å². The Kier molecular flexibility index (Phi) is 5.20. The van der Waals surface area contributed by atoms with E-state index < -0.39 is 7.82 Å². The third-order valence-corrected chi connectivity index (χ3v) is 2.24. The Bertz CT molecular complexity index is 166. The Hall–Kier alpha value is -0.310. The van der Waals surface area contributed by atoms with E-state index in [0.29, 0.717) is 6.61 Å². The molecule has 0 aromatic carbocycles. The van der Waals surface area contributed by atoms with Gasteiger partial charge >= 0.3 is 7.82 Å². The van der Waals surface area contributed by atoms with Gasteiger partial charge in [-0.1, -0.05) is 6.08 Å². The Balaban J connectivity index is 3.99. The predicted molar refractivity (Wildman–Crippen MR) is 42.1 cm³/mol. The molecule has 0 rings (SSSR count). The van der Waals surface area contributed by atoms with Crippen LogP contribution in [0.2, 0.25) is 0 Å². The van der Waals surface area contributed by atoms with Crippen molar-refractivity contribution in [1.82, 2.24) is 0 Å². The van der Waals surface area contributed by atoms with Gasteiger partial charge in [0.2, 0.25) is 0 Å². The maximum atomic E-state index is 11.2. The summed E-state index contributed by atoms with van der Waals surface area (Å²) in [6.07, 6.45) is 2.88. The number of rotatable bonds is 5. The smallest absolute Gasteiger partial charge is 0.412 e. The second kappa shape index (κ2) is 5.35. The molecule has 0 spiro atoms. The molecule has 0 aliphatic heterocycles. The van der Waals surface area contributed by atoms with Crippen LogP contribution in [0.4, 0.5) is 0 Å². The first-order valence-corrected chi connectivity index (χ1v) is 4.74. The van der Waals surface area contributed by atoms with E-state index in [4.69, 9.17) is 9.05 Å². The monoisotopic (exact) mass is 180 g/mol. The molecular formula is C6H13O4P. The molecule has 0 bridgehead atoms. The third-order valence-electron chi connectivity index (χ3n) is 0.837. The molecule has 0 radical (unpaired) electrons. The van der Waals surface area contributed by atoms with Crippen molar-refractivity contribution in [3.63, 3.8) is 0 Å². The molecule has 0 heterocycles. The van der Waals surface area contributed by atoms with Crippen molar-refractivity contribution in [3.05, 3.63) is 12.3 Å². The van der Waals surface area contributed by atoms with Crippen molar-refractivity contribution in [1.29, 1.82) is 0 Å². The molecule has 0 aromatic rings. The highest BCUT2D eigenvalue weighted by molar-refractivity contribution is 7.48. The average molecular weight is 180 g/mol. The number of hydrogen-bond donors (Lipinski definition) is 0. The maximum Gasteiger partial charge on any atom is 0.529 e. The van der Waals surface area contributed by atoms with Crippen LogP contribution in [0.1, 0.15) is 13.8 Å². The zero-order valence-electron chi connectivity index (χ0n) is 6.94. The van der Waals surface area contributed by atoms with Crippen molar-refractivity contribution in [2.45, 2.75) is 13.8 Å². The summed E-state index contributed by atoms with van der Waals surface area (Å²) in [5.74, 6) is 0. The van der Waals surface area contributed by atoms with Crippen LogP contribution in [0.5, 0.6) is 0 Å². The molecular weight excluding hydrogens is 167 g/mol.